The molecular formula is C22H28ClN5S. The summed E-state index contributed by atoms with van der Waals surface area (Å²) in [7, 11) is 2.03. The largest absolute Gasteiger partial charge is 0.382 e. The molecule has 0 atom stereocenters. The number of hydrogen-bond acceptors (Lipinski definition) is 6. The Balaban J connectivity index is 1.81. The normalized spacial score (nSPS) is 24.1. The lowest BCUT2D eigenvalue weighted by Gasteiger charge is -2.34. The van der Waals surface area contributed by atoms with Gasteiger partial charge in [-0.1, -0.05) is 23.7 Å². The Hall–Kier alpha value is -1.86. The van der Waals surface area contributed by atoms with Crippen LogP contribution in [-0.2, 0) is 0 Å². The molecule has 1 aliphatic heterocycles. The third-order valence-corrected chi connectivity index (χ3v) is 7.60. The fourth-order valence-electron chi connectivity index (χ4n) is 4.54. The van der Waals surface area contributed by atoms with E-state index in [2.05, 4.69) is 22.4 Å². The van der Waals surface area contributed by atoms with Gasteiger partial charge in [0.25, 0.3) is 0 Å². The molecule has 5 nitrogen and oxygen atoms in total. The van der Waals surface area contributed by atoms with Crippen molar-refractivity contribution in [2.24, 2.45) is 28.3 Å². The van der Waals surface area contributed by atoms with Crippen LogP contribution in [-0.4, -0.2) is 31.0 Å². The highest BCUT2D eigenvalue weighted by Gasteiger charge is 2.30. The van der Waals surface area contributed by atoms with E-state index >= 15 is 0 Å². The fraction of sp³-hybridized carbons (Fsp3) is 0.409. The first-order chi connectivity index (χ1) is 14.1. The number of nitrogens with two attached hydrogens (primary N) is 2. The van der Waals surface area contributed by atoms with Gasteiger partial charge < -0.3 is 21.7 Å². The summed E-state index contributed by atoms with van der Waals surface area (Å²) in [5.41, 5.74) is 14.7. The third kappa shape index (κ3) is 4.08. The Morgan fingerprint density at radius 3 is 2.79 bits per heavy atom. The number of hydrogen-bond donors (Lipinski definition) is 3. The number of aliphatic imine (C=N–C) groups is 1. The summed E-state index contributed by atoms with van der Waals surface area (Å²) in [5.74, 6) is 1.70. The van der Waals surface area contributed by atoms with Crippen LogP contribution in [0.2, 0.25) is 5.02 Å². The van der Waals surface area contributed by atoms with Gasteiger partial charge in [0.1, 0.15) is 5.84 Å². The third-order valence-electron chi connectivity index (χ3n) is 5.95. The smallest absolute Gasteiger partial charge is 0.147 e. The van der Waals surface area contributed by atoms with Crippen molar-refractivity contribution in [2.75, 3.05) is 20.3 Å². The minimum atomic E-state index is 0.367. The van der Waals surface area contributed by atoms with Gasteiger partial charge in [-0.2, -0.15) is 0 Å². The van der Waals surface area contributed by atoms with Crippen molar-refractivity contribution in [2.45, 2.75) is 25.7 Å². The summed E-state index contributed by atoms with van der Waals surface area (Å²) >= 11 is 8.22. The second-order valence-electron chi connectivity index (χ2n) is 7.77. The average molecular weight is 430 g/mol. The molecule has 2 aromatic rings. The Morgan fingerprint density at radius 2 is 2.10 bits per heavy atom. The van der Waals surface area contributed by atoms with E-state index < -0.39 is 0 Å². The van der Waals surface area contributed by atoms with Gasteiger partial charge in [-0.05, 0) is 74.2 Å². The summed E-state index contributed by atoms with van der Waals surface area (Å²) in [5, 5.41) is 5.29. The van der Waals surface area contributed by atoms with Crippen LogP contribution in [0.15, 0.2) is 47.4 Å². The topological polar surface area (TPSA) is 79.7 Å². The van der Waals surface area contributed by atoms with Crippen LogP contribution in [0.25, 0.3) is 15.7 Å². The van der Waals surface area contributed by atoms with Crippen LogP contribution in [0, 0.1) is 11.8 Å². The van der Waals surface area contributed by atoms with Gasteiger partial charge in [0, 0.05) is 17.3 Å². The lowest BCUT2D eigenvalue weighted by atomic mass is 9.77. The molecule has 1 aromatic carbocycles. The maximum Gasteiger partial charge on any atom is 0.147 e. The van der Waals surface area contributed by atoms with Gasteiger partial charge in [0.2, 0.25) is 0 Å². The summed E-state index contributed by atoms with van der Waals surface area (Å²) in [6, 6.07) is 8.31. The van der Waals surface area contributed by atoms with E-state index in [0.717, 1.165) is 40.7 Å². The van der Waals surface area contributed by atoms with Gasteiger partial charge >= 0.3 is 0 Å². The van der Waals surface area contributed by atoms with E-state index in [1.54, 1.807) is 17.5 Å². The van der Waals surface area contributed by atoms with E-state index in [-0.39, 0.29) is 0 Å². The highest BCUT2D eigenvalue weighted by molar-refractivity contribution is 7.20. The van der Waals surface area contributed by atoms with Crippen LogP contribution < -0.4 is 16.8 Å². The molecule has 1 saturated carbocycles. The molecule has 1 aliphatic carbocycles. The number of allylic oxidation sites excluding steroid dienone is 1. The first-order valence-corrected chi connectivity index (χ1v) is 11.4. The molecule has 29 heavy (non-hydrogen) atoms. The van der Waals surface area contributed by atoms with Crippen LogP contribution >= 0.6 is 22.9 Å². The summed E-state index contributed by atoms with van der Waals surface area (Å²) in [4.78, 5) is 7.63. The van der Waals surface area contributed by atoms with E-state index in [1.165, 1.54) is 28.7 Å². The Labute approximate surface area is 181 Å². The van der Waals surface area contributed by atoms with Gasteiger partial charge in [-0.3, -0.25) is 0 Å². The zero-order valence-electron chi connectivity index (χ0n) is 16.7. The van der Waals surface area contributed by atoms with Crippen LogP contribution in [0.1, 0.15) is 30.6 Å². The molecule has 1 fully saturated rings. The quantitative estimate of drug-likeness (QED) is 0.660. The highest BCUT2D eigenvalue weighted by atomic mass is 35.5. The molecule has 0 amide bonds. The van der Waals surface area contributed by atoms with Gasteiger partial charge in [0.05, 0.1) is 22.1 Å². The van der Waals surface area contributed by atoms with Crippen molar-refractivity contribution in [1.29, 1.82) is 0 Å². The fourth-order valence-corrected chi connectivity index (χ4v) is 6.02. The van der Waals surface area contributed by atoms with Crippen LogP contribution in [0.5, 0.6) is 0 Å². The summed E-state index contributed by atoms with van der Waals surface area (Å²) in [6.07, 6.45) is 8.34. The average Bonchev–Trinajstić information content (AvgIpc) is 3.16. The minimum absolute atomic E-state index is 0.367. The number of fused-ring (bicyclic) bond motifs is 1. The molecule has 7 heteroatoms. The first-order valence-electron chi connectivity index (χ1n) is 10.2. The number of amidine groups is 1. The van der Waals surface area contributed by atoms with Crippen LogP contribution in [0.4, 0.5) is 0 Å². The number of rotatable bonds is 5. The monoisotopic (exact) mass is 429 g/mol. The number of nitrogens with zero attached hydrogens (tertiary/aromatic N) is 2. The molecule has 0 unspecified atom stereocenters. The van der Waals surface area contributed by atoms with Crippen molar-refractivity contribution >= 4 is 44.4 Å². The molecule has 4 rings (SSSR count). The molecule has 1 aromatic heterocycles. The van der Waals surface area contributed by atoms with Crippen molar-refractivity contribution in [3.8, 4) is 0 Å². The lowest BCUT2D eigenvalue weighted by Crippen LogP contribution is -2.36. The van der Waals surface area contributed by atoms with Crippen molar-refractivity contribution in [3.63, 3.8) is 0 Å². The summed E-state index contributed by atoms with van der Waals surface area (Å²) < 4.78 is 1.12. The van der Waals surface area contributed by atoms with E-state index in [0.29, 0.717) is 18.4 Å². The van der Waals surface area contributed by atoms with E-state index in [1.807, 2.05) is 30.3 Å². The molecule has 2 heterocycles. The molecule has 2 aliphatic rings. The number of halogens is 1. The molecular weight excluding hydrogens is 402 g/mol. The molecule has 5 N–H and O–H groups in total. The second kappa shape index (κ2) is 8.88. The molecule has 0 radical (unpaired) electrons. The maximum absolute atomic E-state index is 6.48. The molecule has 0 spiro atoms. The zero-order chi connectivity index (χ0) is 20.4. The molecule has 154 valence electrons. The maximum atomic E-state index is 6.48. The Morgan fingerprint density at radius 1 is 1.31 bits per heavy atom. The second-order valence-corrected chi connectivity index (χ2v) is 9.23. The minimum Gasteiger partial charge on any atom is -0.382 e. The van der Waals surface area contributed by atoms with Crippen molar-refractivity contribution in [3.05, 3.63) is 52.3 Å². The number of benzene rings is 1. The van der Waals surface area contributed by atoms with Crippen molar-refractivity contribution < 1.29 is 0 Å². The first kappa shape index (κ1) is 20.4. The number of thiophene rings is 1. The Bertz CT molecular complexity index is 969. The van der Waals surface area contributed by atoms with E-state index in [4.69, 9.17) is 23.1 Å². The van der Waals surface area contributed by atoms with Crippen molar-refractivity contribution in [1.82, 2.24) is 10.2 Å². The van der Waals surface area contributed by atoms with Gasteiger partial charge in [0.15, 0.2) is 0 Å². The predicted molar refractivity (Wildman–Crippen MR) is 125 cm³/mol. The van der Waals surface area contributed by atoms with Crippen LogP contribution in [0.3, 0.4) is 0 Å². The molecule has 0 saturated heterocycles. The van der Waals surface area contributed by atoms with Gasteiger partial charge in [-0.15, -0.1) is 11.3 Å². The standard InChI is InChI=1S/C22H28ClN5S/c1-26-12-14-5-7-15(8-6-14)19(20-22(25)27-9-10-28(20)13-24)18-11-16-3-2-4-17(23)21(16)29-18/h2-4,9-11,14-15,26H,5-8,12-13,24H2,1H3,(H2,25,27)/b20-19+. The highest BCUT2D eigenvalue weighted by Crippen LogP contribution is 2.44. The summed E-state index contributed by atoms with van der Waals surface area (Å²) in [6.45, 7) is 1.45. The SMILES string of the molecule is CNCC1CCC(/C(=C2/C(N)=NC=CN2CN)c2cc3cccc(Cl)c3s2)CC1. The van der Waals surface area contributed by atoms with Gasteiger partial charge in [-0.25, -0.2) is 4.99 Å². The Kier molecular flexibility index (Phi) is 6.25. The molecule has 0 bridgehead atoms. The van der Waals surface area contributed by atoms with E-state index in [9.17, 15) is 0 Å². The number of nitrogens with one attached hydrogen (secondary N) is 1. The predicted octanol–water partition coefficient (Wildman–Crippen LogP) is 4.35. The zero-order valence-corrected chi connectivity index (χ0v) is 18.3. The lowest BCUT2D eigenvalue weighted by molar-refractivity contribution is 0.309.